The van der Waals surface area contributed by atoms with E-state index < -0.39 is 5.97 Å². The van der Waals surface area contributed by atoms with Crippen LogP contribution in [0.3, 0.4) is 0 Å². The summed E-state index contributed by atoms with van der Waals surface area (Å²) >= 11 is 0. The molecule has 0 aromatic heterocycles. The molecule has 0 saturated heterocycles. The highest BCUT2D eigenvalue weighted by Gasteiger charge is 2.55. The Balaban J connectivity index is 1.75. The van der Waals surface area contributed by atoms with Gasteiger partial charge in [0.25, 0.3) is 0 Å². The zero-order valence-corrected chi connectivity index (χ0v) is 14.7. The van der Waals surface area contributed by atoms with E-state index in [1.54, 1.807) is 13.8 Å². The normalized spacial score (nSPS) is 26.0. The second-order valence-corrected chi connectivity index (χ2v) is 7.85. The predicted molar refractivity (Wildman–Crippen MR) is 90.2 cm³/mol. The van der Waals surface area contributed by atoms with E-state index in [1.807, 2.05) is 6.07 Å². The van der Waals surface area contributed by atoms with Crippen molar-refractivity contribution in [1.29, 1.82) is 0 Å². The van der Waals surface area contributed by atoms with Crippen LogP contribution in [0.2, 0.25) is 0 Å². The molecule has 0 amide bonds. The maximum absolute atomic E-state index is 12.2. The van der Waals surface area contributed by atoms with Gasteiger partial charge in [-0.2, -0.15) is 0 Å². The third-order valence-electron chi connectivity index (χ3n) is 6.32. The van der Waals surface area contributed by atoms with Gasteiger partial charge in [0, 0.05) is 18.4 Å². The smallest absolute Gasteiger partial charge is 0.342 e. The largest absolute Gasteiger partial charge is 0.507 e. The lowest BCUT2D eigenvalue weighted by Crippen LogP contribution is -2.50. The molecule has 4 nitrogen and oxygen atoms in total. The average Bonchev–Trinajstić information content (AvgIpc) is 2.52. The Hall–Kier alpha value is -1.97. The SMILES string of the molecule is CCOC(=O)c1c(C)cc2c(c1O)CC1=C(C[C@H]3C[C@@H]1C3(C)C)O2. The van der Waals surface area contributed by atoms with E-state index in [9.17, 15) is 9.90 Å². The van der Waals surface area contributed by atoms with Gasteiger partial charge in [-0.3, -0.25) is 0 Å². The van der Waals surface area contributed by atoms with Crippen molar-refractivity contribution in [1.82, 2.24) is 0 Å². The van der Waals surface area contributed by atoms with E-state index in [-0.39, 0.29) is 17.9 Å². The van der Waals surface area contributed by atoms with Crippen molar-refractivity contribution < 1.29 is 19.4 Å². The first-order valence-corrected chi connectivity index (χ1v) is 8.76. The highest BCUT2D eigenvalue weighted by molar-refractivity contribution is 5.95. The number of benzene rings is 1. The second-order valence-electron chi connectivity index (χ2n) is 7.85. The van der Waals surface area contributed by atoms with Crippen LogP contribution in [0.5, 0.6) is 11.5 Å². The molecule has 1 saturated carbocycles. The summed E-state index contributed by atoms with van der Waals surface area (Å²) in [4.78, 5) is 12.2. The van der Waals surface area contributed by atoms with Gasteiger partial charge < -0.3 is 14.6 Å². The molecular weight excluding hydrogens is 304 g/mol. The molecule has 1 heterocycles. The summed E-state index contributed by atoms with van der Waals surface area (Å²) < 4.78 is 11.3. The number of esters is 1. The molecule has 1 aliphatic heterocycles. The van der Waals surface area contributed by atoms with Crippen LogP contribution in [0, 0.1) is 24.2 Å². The van der Waals surface area contributed by atoms with Crippen LogP contribution in [0.1, 0.15) is 55.1 Å². The Bertz CT molecular complexity index is 772. The first-order valence-electron chi connectivity index (χ1n) is 8.76. The van der Waals surface area contributed by atoms with Gasteiger partial charge in [-0.1, -0.05) is 13.8 Å². The Morgan fingerprint density at radius 1 is 1.46 bits per heavy atom. The third-order valence-corrected chi connectivity index (χ3v) is 6.32. The summed E-state index contributed by atoms with van der Waals surface area (Å²) in [5.74, 6) is 2.54. The summed E-state index contributed by atoms with van der Waals surface area (Å²) in [7, 11) is 0. The van der Waals surface area contributed by atoms with Crippen LogP contribution in [0.25, 0.3) is 0 Å². The van der Waals surface area contributed by atoms with Crippen LogP contribution >= 0.6 is 0 Å². The average molecular weight is 328 g/mol. The van der Waals surface area contributed by atoms with Gasteiger partial charge in [-0.25, -0.2) is 4.79 Å². The predicted octanol–water partition coefficient (Wildman–Crippen LogP) is 4.13. The highest BCUT2D eigenvalue weighted by Crippen LogP contribution is 2.63. The zero-order valence-electron chi connectivity index (χ0n) is 14.7. The quantitative estimate of drug-likeness (QED) is 0.829. The van der Waals surface area contributed by atoms with Crippen molar-refractivity contribution in [3.63, 3.8) is 0 Å². The molecular formula is C20H24O4. The number of ether oxygens (including phenoxy) is 2. The number of carbonyl (C=O) groups is 1. The first kappa shape index (κ1) is 15.6. The van der Waals surface area contributed by atoms with Crippen molar-refractivity contribution in [3.05, 3.63) is 34.1 Å². The summed E-state index contributed by atoms with van der Waals surface area (Å²) in [6, 6.07) is 1.86. The molecule has 24 heavy (non-hydrogen) atoms. The van der Waals surface area contributed by atoms with Crippen molar-refractivity contribution in [3.8, 4) is 11.5 Å². The number of rotatable bonds is 2. The maximum Gasteiger partial charge on any atom is 0.342 e. The number of carbonyl (C=O) groups excluding carboxylic acids is 1. The van der Waals surface area contributed by atoms with Gasteiger partial charge in [0.1, 0.15) is 22.8 Å². The van der Waals surface area contributed by atoms with Gasteiger partial charge >= 0.3 is 5.97 Å². The number of phenols is 1. The van der Waals surface area contributed by atoms with Crippen molar-refractivity contribution in [2.75, 3.05) is 6.61 Å². The van der Waals surface area contributed by atoms with Gasteiger partial charge in [0.2, 0.25) is 0 Å². The molecule has 3 aliphatic carbocycles. The molecule has 2 bridgehead atoms. The minimum atomic E-state index is -0.470. The molecule has 4 heteroatoms. The standard InChI is InChI=1S/C20H24O4/c1-5-23-19(22)17-10(2)6-15-13(18(17)21)9-12-14-7-11(20(14,3)4)8-16(12)24-15/h6,11,14,21H,5,7-9H2,1-4H3/t11-,14+/m1/s1. The van der Waals surface area contributed by atoms with E-state index in [1.165, 1.54) is 12.0 Å². The van der Waals surface area contributed by atoms with Gasteiger partial charge in [-0.05, 0) is 54.7 Å². The fourth-order valence-electron chi connectivity index (χ4n) is 4.69. The molecule has 0 radical (unpaired) electrons. The van der Waals surface area contributed by atoms with Crippen molar-refractivity contribution in [2.24, 2.45) is 17.3 Å². The number of hydrogen-bond acceptors (Lipinski definition) is 4. The Morgan fingerprint density at radius 2 is 2.21 bits per heavy atom. The number of allylic oxidation sites excluding steroid dienone is 2. The molecule has 128 valence electrons. The van der Waals surface area contributed by atoms with Crippen LogP contribution < -0.4 is 4.74 Å². The van der Waals surface area contributed by atoms with Gasteiger partial charge in [-0.15, -0.1) is 0 Å². The van der Waals surface area contributed by atoms with E-state index in [4.69, 9.17) is 9.47 Å². The number of phenolic OH excluding ortho intramolecular Hbond substituents is 1. The zero-order chi connectivity index (χ0) is 17.2. The van der Waals surface area contributed by atoms with Crippen molar-refractivity contribution in [2.45, 2.75) is 47.0 Å². The Labute approximate surface area is 142 Å². The fraction of sp³-hybridized carbons (Fsp3) is 0.550. The van der Waals surface area contributed by atoms with E-state index in [0.29, 0.717) is 35.0 Å². The molecule has 0 unspecified atom stereocenters. The van der Waals surface area contributed by atoms with E-state index >= 15 is 0 Å². The molecule has 2 atom stereocenters. The maximum atomic E-state index is 12.2. The number of aromatic hydroxyl groups is 1. The lowest BCUT2D eigenvalue weighted by molar-refractivity contribution is -0.0248. The Morgan fingerprint density at radius 3 is 2.88 bits per heavy atom. The molecule has 1 N–H and O–H groups in total. The van der Waals surface area contributed by atoms with Crippen LogP contribution in [-0.4, -0.2) is 17.7 Å². The summed E-state index contributed by atoms with van der Waals surface area (Å²) in [6.45, 7) is 8.51. The van der Waals surface area contributed by atoms with Crippen LogP contribution in [0.4, 0.5) is 0 Å². The fourth-order valence-corrected chi connectivity index (χ4v) is 4.69. The van der Waals surface area contributed by atoms with E-state index in [2.05, 4.69) is 13.8 Å². The summed E-state index contributed by atoms with van der Waals surface area (Å²) in [6.07, 6.45) is 2.86. The van der Waals surface area contributed by atoms with Gasteiger partial charge in [0.05, 0.1) is 6.61 Å². The minimum Gasteiger partial charge on any atom is -0.507 e. The van der Waals surface area contributed by atoms with Crippen LogP contribution in [0.15, 0.2) is 17.4 Å². The number of hydrogen-bond donors (Lipinski definition) is 1. The van der Waals surface area contributed by atoms with Crippen LogP contribution in [-0.2, 0) is 11.2 Å². The topological polar surface area (TPSA) is 55.8 Å². The molecule has 0 spiro atoms. The lowest BCUT2D eigenvalue weighted by Gasteiger charge is -2.58. The Kier molecular flexibility index (Phi) is 3.25. The summed E-state index contributed by atoms with van der Waals surface area (Å²) in [5, 5.41) is 10.7. The molecule has 1 fully saturated rings. The monoisotopic (exact) mass is 328 g/mol. The van der Waals surface area contributed by atoms with Gasteiger partial charge in [0.15, 0.2) is 0 Å². The second kappa shape index (κ2) is 5.01. The first-order chi connectivity index (χ1) is 11.3. The lowest BCUT2D eigenvalue weighted by atomic mass is 9.47. The highest BCUT2D eigenvalue weighted by atomic mass is 16.5. The van der Waals surface area contributed by atoms with Crippen molar-refractivity contribution >= 4 is 5.97 Å². The molecule has 5 rings (SSSR count). The minimum absolute atomic E-state index is 0.0225. The summed E-state index contributed by atoms with van der Waals surface area (Å²) in [5.41, 5.74) is 3.30. The molecule has 4 aliphatic rings. The third kappa shape index (κ3) is 1.95. The number of aryl methyl sites for hydroxylation is 1. The molecule has 1 aromatic rings. The number of fused-ring (bicyclic) bond motifs is 1. The van der Waals surface area contributed by atoms with E-state index in [0.717, 1.165) is 17.7 Å². The molecule has 1 aromatic carbocycles.